The van der Waals surface area contributed by atoms with Crippen LogP contribution in [-0.4, -0.2) is 25.8 Å². The third-order valence-electron chi connectivity index (χ3n) is 2.60. The van der Waals surface area contributed by atoms with E-state index in [1.54, 1.807) is 4.68 Å². The normalized spacial score (nSPS) is 15.5. The lowest BCUT2D eigenvalue weighted by atomic mass is 10.2. The van der Waals surface area contributed by atoms with Gasteiger partial charge in [-0.3, -0.25) is 9.48 Å². The Morgan fingerprint density at radius 1 is 1.60 bits per heavy atom. The first-order chi connectivity index (χ1) is 7.16. The number of aliphatic carboxylic acids is 1. The van der Waals surface area contributed by atoms with Crippen LogP contribution in [0.25, 0.3) is 0 Å². The first-order valence-corrected chi connectivity index (χ1v) is 5.28. The summed E-state index contributed by atoms with van der Waals surface area (Å²) in [5, 5.41) is 12.8. The van der Waals surface area contributed by atoms with E-state index in [-0.39, 0.29) is 6.42 Å². The average molecular weight is 209 g/mol. The highest BCUT2D eigenvalue weighted by atomic mass is 16.4. The Kier molecular flexibility index (Phi) is 2.70. The average Bonchev–Trinajstić information content (AvgIpc) is 2.93. The minimum atomic E-state index is -0.750. The van der Waals surface area contributed by atoms with Crippen molar-refractivity contribution in [2.75, 3.05) is 0 Å². The fraction of sp³-hybridized carbons (Fsp3) is 0.700. The van der Waals surface area contributed by atoms with Crippen LogP contribution in [0, 0.1) is 0 Å². The van der Waals surface area contributed by atoms with E-state index in [2.05, 4.69) is 10.1 Å². The molecule has 0 amide bonds. The Balaban J connectivity index is 1.92. The van der Waals surface area contributed by atoms with Gasteiger partial charge in [-0.2, -0.15) is 5.10 Å². The number of carbonyl (C=O) groups is 1. The highest BCUT2D eigenvalue weighted by Crippen LogP contribution is 2.38. The quantitative estimate of drug-likeness (QED) is 0.788. The Morgan fingerprint density at radius 3 is 2.93 bits per heavy atom. The van der Waals surface area contributed by atoms with Crippen LogP contribution in [-0.2, 0) is 18.3 Å². The molecule has 0 spiro atoms. The van der Waals surface area contributed by atoms with Gasteiger partial charge in [-0.25, -0.2) is 4.98 Å². The Morgan fingerprint density at radius 2 is 2.33 bits per heavy atom. The van der Waals surface area contributed by atoms with Gasteiger partial charge in [-0.05, 0) is 19.3 Å². The second-order valence-electron chi connectivity index (χ2n) is 4.03. The molecule has 0 saturated heterocycles. The number of nitrogens with zero attached hydrogens (tertiary/aromatic N) is 3. The lowest BCUT2D eigenvalue weighted by Gasteiger charge is -1.96. The van der Waals surface area contributed by atoms with Crippen molar-refractivity contribution < 1.29 is 9.90 Å². The molecule has 15 heavy (non-hydrogen) atoms. The molecule has 1 heterocycles. The van der Waals surface area contributed by atoms with Gasteiger partial charge in [-0.1, -0.05) is 0 Å². The van der Waals surface area contributed by atoms with Crippen molar-refractivity contribution in [1.29, 1.82) is 0 Å². The predicted octanol–water partition coefficient (Wildman–Crippen LogP) is 1.10. The number of hydrogen-bond acceptors (Lipinski definition) is 3. The van der Waals surface area contributed by atoms with Crippen LogP contribution in [0.1, 0.15) is 43.3 Å². The largest absolute Gasteiger partial charge is 0.481 e. The standard InChI is InChI=1S/C10H15N3O2/c1-13-8(3-2-4-9(14)15)11-10(12-13)7-5-6-7/h7H,2-6H2,1H3,(H,14,15). The zero-order valence-electron chi connectivity index (χ0n) is 8.81. The number of rotatable bonds is 5. The summed E-state index contributed by atoms with van der Waals surface area (Å²) in [6.45, 7) is 0. The summed E-state index contributed by atoms with van der Waals surface area (Å²) in [5.74, 6) is 1.64. The molecule has 0 aliphatic heterocycles. The molecule has 1 fully saturated rings. The zero-order valence-corrected chi connectivity index (χ0v) is 8.81. The number of aromatic nitrogens is 3. The summed E-state index contributed by atoms with van der Waals surface area (Å²) in [6, 6.07) is 0. The van der Waals surface area contributed by atoms with Gasteiger partial charge in [0.15, 0.2) is 5.82 Å². The van der Waals surface area contributed by atoms with Crippen molar-refractivity contribution in [3.05, 3.63) is 11.6 Å². The van der Waals surface area contributed by atoms with E-state index in [1.807, 2.05) is 7.05 Å². The minimum Gasteiger partial charge on any atom is -0.481 e. The zero-order chi connectivity index (χ0) is 10.8. The molecule has 5 nitrogen and oxygen atoms in total. The fourth-order valence-corrected chi connectivity index (χ4v) is 1.57. The summed E-state index contributed by atoms with van der Waals surface area (Å²) in [6.07, 6.45) is 3.91. The summed E-state index contributed by atoms with van der Waals surface area (Å²) in [4.78, 5) is 14.8. The van der Waals surface area contributed by atoms with E-state index in [4.69, 9.17) is 5.11 Å². The second kappa shape index (κ2) is 4.00. The molecular weight excluding hydrogens is 194 g/mol. The summed E-state index contributed by atoms with van der Waals surface area (Å²) >= 11 is 0. The molecule has 0 atom stereocenters. The molecule has 5 heteroatoms. The van der Waals surface area contributed by atoms with Crippen LogP contribution in [0.15, 0.2) is 0 Å². The Hall–Kier alpha value is -1.39. The van der Waals surface area contributed by atoms with Gasteiger partial charge in [0.1, 0.15) is 5.82 Å². The Labute approximate surface area is 88.1 Å². The molecular formula is C10H15N3O2. The molecule has 1 aliphatic rings. The maximum Gasteiger partial charge on any atom is 0.303 e. The van der Waals surface area contributed by atoms with Crippen molar-refractivity contribution in [1.82, 2.24) is 14.8 Å². The van der Waals surface area contributed by atoms with E-state index >= 15 is 0 Å². The van der Waals surface area contributed by atoms with Crippen LogP contribution in [0.4, 0.5) is 0 Å². The summed E-state index contributed by atoms with van der Waals surface area (Å²) in [5.41, 5.74) is 0. The number of aryl methyl sites for hydroxylation is 2. The van der Waals surface area contributed by atoms with Crippen LogP contribution < -0.4 is 0 Å². The third-order valence-corrected chi connectivity index (χ3v) is 2.60. The van der Waals surface area contributed by atoms with E-state index in [0.717, 1.165) is 11.6 Å². The molecule has 0 radical (unpaired) electrons. The third kappa shape index (κ3) is 2.55. The molecule has 1 aromatic rings. The van der Waals surface area contributed by atoms with Gasteiger partial charge in [0, 0.05) is 25.8 Å². The minimum absolute atomic E-state index is 0.200. The van der Waals surface area contributed by atoms with Gasteiger partial charge >= 0.3 is 5.97 Å². The first kappa shape index (κ1) is 10.1. The van der Waals surface area contributed by atoms with E-state index < -0.39 is 5.97 Å². The van der Waals surface area contributed by atoms with E-state index in [0.29, 0.717) is 18.8 Å². The summed E-state index contributed by atoms with van der Waals surface area (Å²) in [7, 11) is 1.87. The van der Waals surface area contributed by atoms with E-state index in [1.165, 1.54) is 12.8 Å². The SMILES string of the molecule is Cn1nc(C2CC2)nc1CCCC(=O)O. The molecule has 1 N–H and O–H groups in total. The second-order valence-corrected chi connectivity index (χ2v) is 4.03. The molecule has 1 aromatic heterocycles. The van der Waals surface area contributed by atoms with Gasteiger partial charge in [0.2, 0.25) is 0 Å². The maximum atomic E-state index is 10.4. The summed E-state index contributed by atoms with van der Waals surface area (Å²) < 4.78 is 1.77. The van der Waals surface area contributed by atoms with Crippen molar-refractivity contribution in [3.63, 3.8) is 0 Å². The van der Waals surface area contributed by atoms with Gasteiger partial charge in [0.05, 0.1) is 0 Å². The van der Waals surface area contributed by atoms with Gasteiger partial charge in [0.25, 0.3) is 0 Å². The fourth-order valence-electron chi connectivity index (χ4n) is 1.57. The van der Waals surface area contributed by atoms with Crippen LogP contribution in [0.2, 0.25) is 0 Å². The monoisotopic (exact) mass is 209 g/mol. The van der Waals surface area contributed by atoms with Crippen molar-refractivity contribution in [3.8, 4) is 0 Å². The van der Waals surface area contributed by atoms with Crippen molar-refractivity contribution in [2.45, 2.75) is 38.0 Å². The lowest BCUT2D eigenvalue weighted by molar-refractivity contribution is -0.137. The maximum absolute atomic E-state index is 10.4. The smallest absolute Gasteiger partial charge is 0.303 e. The van der Waals surface area contributed by atoms with Crippen LogP contribution >= 0.6 is 0 Å². The predicted molar refractivity (Wildman–Crippen MR) is 53.6 cm³/mol. The molecule has 0 aromatic carbocycles. The number of carboxylic acids is 1. The lowest BCUT2D eigenvalue weighted by Crippen LogP contribution is -2.02. The molecule has 1 saturated carbocycles. The molecule has 0 unspecified atom stereocenters. The van der Waals surface area contributed by atoms with Crippen molar-refractivity contribution in [2.24, 2.45) is 7.05 Å². The van der Waals surface area contributed by atoms with Crippen LogP contribution in [0.5, 0.6) is 0 Å². The number of hydrogen-bond donors (Lipinski definition) is 1. The number of carboxylic acid groups (broad SMARTS) is 1. The van der Waals surface area contributed by atoms with Crippen molar-refractivity contribution >= 4 is 5.97 Å². The molecule has 2 rings (SSSR count). The topological polar surface area (TPSA) is 68.0 Å². The molecule has 82 valence electrons. The molecule has 1 aliphatic carbocycles. The van der Waals surface area contributed by atoms with Gasteiger partial charge in [-0.15, -0.1) is 0 Å². The highest BCUT2D eigenvalue weighted by Gasteiger charge is 2.28. The highest BCUT2D eigenvalue weighted by molar-refractivity contribution is 5.66. The molecule has 0 bridgehead atoms. The first-order valence-electron chi connectivity index (χ1n) is 5.28. The van der Waals surface area contributed by atoms with Crippen LogP contribution in [0.3, 0.4) is 0 Å². The Bertz CT molecular complexity index is 369. The van der Waals surface area contributed by atoms with E-state index in [9.17, 15) is 4.79 Å². The van der Waals surface area contributed by atoms with Gasteiger partial charge < -0.3 is 5.11 Å².